The largest absolute Gasteiger partial charge is 0.496 e. The van der Waals surface area contributed by atoms with Crippen molar-refractivity contribution in [3.8, 4) is 5.75 Å². The number of methoxy groups -OCH3 is 1. The zero-order valence-electron chi connectivity index (χ0n) is 10.2. The molecule has 3 nitrogen and oxygen atoms in total. The molecular weight excluding hydrogens is 214 g/mol. The SMILES string of the molecule is C=Cc1cc(C[C@@H]2CNCCO2)ccc1OC. The first kappa shape index (κ1) is 12.1. The smallest absolute Gasteiger partial charge is 0.126 e. The van der Waals surface area contributed by atoms with E-state index < -0.39 is 0 Å². The van der Waals surface area contributed by atoms with Crippen LogP contribution in [0.2, 0.25) is 0 Å². The van der Waals surface area contributed by atoms with Gasteiger partial charge in [0.1, 0.15) is 5.75 Å². The van der Waals surface area contributed by atoms with Crippen molar-refractivity contribution < 1.29 is 9.47 Å². The Morgan fingerprint density at radius 2 is 2.47 bits per heavy atom. The summed E-state index contributed by atoms with van der Waals surface area (Å²) in [5, 5.41) is 3.34. The normalized spacial score (nSPS) is 19.9. The van der Waals surface area contributed by atoms with Gasteiger partial charge in [-0.3, -0.25) is 0 Å². The molecule has 1 aliphatic rings. The van der Waals surface area contributed by atoms with Crippen molar-refractivity contribution in [1.82, 2.24) is 5.32 Å². The van der Waals surface area contributed by atoms with E-state index in [1.807, 2.05) is 12.1 Å². The van der Waals surface area contributed by atoms with Crippen LogP contribution in [-0.4, -0.2) is 32.9 Å². The Labute approximate surface area is 102 Å². The van der Waals surface area contributed by atoms with Crippen LogP contribution in [0.5, 0.6) is 5.75 Å². The summed E-state index contributed by atoms with van der Waals surface area (Å²) in [4.78, 5) is 0. The van der Waals surface area contributed by atoms with E-state index in [1.54, 1.807) is 7.11 Å². The van der Waals surface area contributed by atoms with Gasteiger partial charge in [0, 0.05) is 18.7 Å². The minimum absolute atomic E-state index is 0.273. The first-order chi connectivity index (χ1) is 8.33. The van der Waals surface area contributed by atoms with E-state index >= 15 is 0 Å². The number of morpholine rings is 1. The molecule has 17 heavy (non-hydrogen) atoms. The number of nitrogens with one attached hydrogen (secondary N) is 1. The predicted octanol–water partition coefficient (Wildman–Crippen LogP) is 1.87. The Bertz CT molecular complexity index is 384. The van der Waals surface area contributed by atoms with Gasteiger partial charge in [-0.2, -0.15) is 0 Å². The average Bonchev–Trinajstić information content (AvgIpc) is 2.40. The van der Waals surface area contributed by atoms with Gasteiger partial charge in [0.25, 0.3) is 0 Å². The Morgan fingerprint density at radius 1 is 1.59 bits per heavy atom. The molecule has 0 saturated carbocycles. The topological polar surface area (TPSA) is 30.5 Å². The highest BCUT2D eigenvalue weighted by atomic mass is 16.5. The molecule has 92 valence electrons. The van der Waals surface area contributed by atoms with Crippen LogP contribution in [0.15, 0.2) is 24.8 Å². The van der Waals surface area contributed by atoms with Gasteiger partial charge in [-0.05, 0) is 24.1 Å². The van der Waals surface area contributed by atoms with Gasteiger partial charge < -0.3 is 14.8 Å². The van der Waals surface area contributed by atoms with Crippen molar-refractivity contribution in [2.45, 2.75) is 12.5 Å². The van der Waals surface area contributed by atoms with E-state index in [0.29, 0.717) is 0 Å². The van der Waals surface area contributed by atoms with Crippen LogP contribution in [0, 0.1) is 0 Å². The summed E-state index contributed by atoms with van der Waals surface area (Å²) in [7, 11) is 1.68. The maximum atomic E-state index is 5.69. The van der Waals surface area contributed by atoms with E-state index in [1.165, 1.54) is 5.56 Å². The Kier molecular flexibility index (Phi) is 4.18. The molecule has 1 fully saturated rings. The zero-order valence-corrected chi connectivity index (χ0v) is 10.2. The maximum Gasteiger partial charge on any atom is 0.126 e. The van der Waals surface area contributed by atoms with Crippen molar-refractivity contribution in [3.05, 3.63) is 35.9 Å². The molecule has 1 aromatic carbocycles. The summed E-state index contributed by atoms with van der Waals surface area (Å²) >= 11 is 0. The number of hydrogen-bond acceptors (Lipinski definition) is 3. The summed E-state index contributed by atoms with van der Waals surface area (Å²) in [6, 6.07) is 6.19. The van der Waals surface area contributed by atoms with Crippen LogP contribution < -0.4 is 10.1 Å². The third kappa shape index (κ3) is 3.08. The molecular formula is C14H19NO2. The summed E-state index contributed by atoms with van der Waals surface area (Å²) in [5.74, 6) is 0.867. The fourth-order valence-electron chi connectivity index (χ4n) is 2.08. The fourth-order valence-corrected chi connectivity index (χ4v) is 2.08. The van der Waals surface area contributed by atoms with Gasteiger partial charge in [-0.25, -0.2) is 0 Å². The predicted molar refractivity (Wildman–Crippen MR) is 69.4 cm³/mol. The minimum Gasteiger partial charge on any atom is -0.496 e. The number of rotatable bonds is 4. The second kappa shape index (κ2) is 5.84. The molecule has 0 bridgehead atoms. The van der Waals surface area contributed by atoms with E-state index in [2.05, 4.69) is 24.0 Å². The molecule has 0 amide bonds. The van der Waals surface area contributed by atoms with Gasteiger partial charge in [0.05, 0.1) is 19.8 Å². The molecule has 1 aromatic rings. The molecule has 1 saturated heterocycles. The molecule has 0 unspecified atom stereocenters. The fraction of sp³-hybridized carbons (Fsp3) is 0.429. The molecule has 0 radical (unpaired) electrons. The van der Waals surface area contributed by atoms with Crippen LogP contribution >= 0.6 is 0 Å². The van der Waals surface area contributed by atoms with E-state index in [4.69, 9.17) is 9.47 Å². The first-order valence-corrected chi connectivity index (χ1v) is 5.95. The highest BCUT2D eigenvalue weighted by Crippen LogP contribution is 2.22. The zero-order chi connectivity index (χ0) is 12.1. The molecule has 1 heterocycles. The van der Waals surface area contributed by atoms with Crippen LogP contribution in [0.1, 0.15) is 11.1 Å². The monoisotopic (exact) mass is 233 g/mol. The molecule has 3 heteroatoms. The van der Waals surface area contributed by atoms with Gasteiger partial charge in [0.15, 0.2) is 0 Å². The highest BCUT2D eigenvalue weighted by Gasteiger charge is 2.14. The van der Waals surface area contributed by atoms with Crippen LogP contribution in [0.3, 0.4) is 0 Å². The van der Waals surface area contributed by atoms with Crippen molar-refractivity contribution in [1.29, 1.82) is 0 Å². The summed E-state index contributed by atoms with van der Waals surface area (Å²) < 4.78 is 11.0. The van der Waals surface area contributed by atoms with Crippen LogP contribution in [-0.2, 0) is 11.2 Å². The average molecular weight is 233 g/mol. The van der Waals surface area contributed by atoms with Gasteiger partial charge in [0.2, 0.25) is 0 Å². The highest BCUT2D eigenvalue weighted by molar-refractivity contribution is 5.56. The minimum atomic E-state index is 0.273. The van der Waals surface area contributed by atoms with Crippen LogP contribution in [0.4, 0.5) is 0 Å². The second-order valence-corrected chi connectivity index (χ2v) is 4.18. The molecule has 1 atom stereocenters. The Morgan fingerprint density at radius 3 is 3.12 bits per heavy atom. The second-order valence-electron chi connectivity index (χ2n) is 4.18. The molecule has 2 rings (SSSR count). The van der Waals surface area contributed by atoms with Crippen molar-refractivity contribution in [2.75, 3.05) is 26.8 Å². The quantitative estimate of drug-likeness (QED) is 0.861. The lowest BCUT2D eigenvalue weighted by atomic mass is 10.0. The van der Waals surface area contributed by atoms with Gasteiger partial charge >= 0.3 is 0 Å². The summed E-state index contributed by atoms with van der Waals surface area (Å²) in [5.41, 5.74) is 2.29. The van der Waals surface area contributed by atoms with E-state index in [9.17, 15) is 0 Å². The third-order valence-electron chi connectivity index (χ3n) is 2.98. The molecule has 0 aliphatic carbocycles. The van der Waals surface area contributed by atoms with E-state index in [0.717, 1.165) is 37.4 Å². The summed E-state index contributed by atoms with van der Waals surface area (Å²) in [6.07, 6.45) is 3.02. The Balaban J connectivity index is 2.07. The van der Waals surface area contributed by atoms with Crippen molar-refractivity contribution in [2.24, 2.45) is 0 Å². The standard InChI is InChI=1S/C14H19NO2/c1-3-12-8-11(4-5-14(12)16-2)9-13-10-15-6-7-17-13/h3-5,8,13,15H,1,6-7,9-10H2,2H3/t13-/m1/s1. The van der Waals surface area contributed by atoms with Crippen LogP contribution in [0.25, 0.3) is 6.08 Å². The molecule has 1 aliphatic heterocycles. The number of ether oxygens (including phenoxy) is 2. The maximum absolute atomic E-state index is 5.69. The summed E-state index contributed by atoms with van der Waals surface area (Å²) in [6.45, 7) is 6.49. The third-order valence-corrected chi connectivity index (χ3v) is 2.98. The van der Waals surface area contributed by atoms with Gasteiger partial charge in [-0.15, -0.1) is 0 Å². The Hall–Kier alpha value is -1.32. The first-order valence-electron chi connectivity index (χ1n) is 5.95. The van der Waals surface area contributed by atoms with E-state index in [-0.39, 0.29) is 6.10 Å². The number of benzene rings is 1. The molecule has 0 aromatic heterocycles. The molecule has 1 N–H and O–H groups in total. The number of hydrogen-bond donors (Lipinski definition) is 1. The van der Waals surface area contributed by atoms with Crippen molar-refractivity contribution in [3.63, 3.8) is 0 Å². The lowest BCUT2D eigenvalue weighted by Crippen LogP contribution is -2.39. The van der Waals surface area contributed by atoms with Crippen molar-refractivity contribution >= 4 is 6.08 Å². The lowest BCUT2D eigenvalue weighted by Gasteiger charge is -2.23. The molecule has 0 spiro atoms. The lowest BCUT2D eigenvalue weighted by molar-refractivity contribution is 0.0292. The van der Waals surface area contributed by atoms with Gasteiger partial charge in [-0.1, -0.05) is 18.7 Å².